The summed E-state index contributed by atoms with van der Waals surface area (Å²) in [6.07, 6.45) is 3.81. The van der Waals surface area contributed by atoms with Crippen LogP contribution in [-0.2, 0) is 16.0 Å². The highest BCUT2D eigenvalue weighted by Gasteiger charge is 2.15. The summed E-state index contributed by atoms with van der Waals surface area (Å²) < 4.78 is 0. The predicted molar refractivity (Wildman–Crippen MR) is 128 cm³/mol. The maximum atomic E-state index is 12.4. The number of hydrogen-bond acceptors (Lipinski definition) is 3. The van der Waals surface area contributed by atoms with Crippen LogP contribution in [0.3, 0.4) is 0 Å². The molecule has 1 saturated heterocycles. The van der Waals surface area contributed by atoms with Crippen LogP contribution < -0.4 is 15.5 Å². The molecule has 2 aromatic carbocycles. The second kappa shape index (κ2) is 11.0. The van der Waals surface area contributed by atoms with Gasteiger partial charge in [-0.3, -0.25) is 9.59 Å². The molecule has 0 aliphatic carbocycles. The Bertz CT molecular complexity index is 870. The molecule has 0 saturated carbocycles. The third-order valence-corrected chi connectivity index (χ3v) is 5.79. The van der Waals surface area contributed by atoms with E-state index in [0.717, 1.165) is 30.0 Å². The molecule has 1 atom stereocenters. The van der Waals surface area contributed by atoms with Gasteiger partial charge in [0.05, 0.1) is 0 Å². The molecule has 31 heavy (non-hydrogen) atoms. The average molecular weight is 422 g/mol. The molecule has 1 heterocycles. The van der Waals surface area contributed by atoms with Gasteiger partial charge in [-0.15, -0.1) is 0 Å². The second-order valence-corrected chi connectivity index (χ2v) is 8.86. The Balaban J connectivity index is 1.41. The number of aryl methyl sites for hydroxylation is 1. The first-order valence-electron chi connectivity index (χ1n) is 11.4. The molecule has 5 nitrogen and oxygen atoms in total. The van der Waals surface area contributed by atoms with E-state index in [2.05, 4.69) is 59.7 Å². The van der Waals surface area contributed by atoms with Gasteiger partial charge >= 0.3 is 0 Å². The van der Waals surface area contributed by atoms with E-state index in [0.29, 0.717) is 18.8 Å². The molecule has 0 radical (unpaired) electrons. The Morgan fingerprint density at radius 1 is 0.968 bits per heavy atom. The number of carbonyl (C=O) groups excluding carboxylic acids is 2. The van der Waals surface area contributed by atoms with Crippen molar-refractivity contribution in [2.75, 3.05) is 23.3 Å². The first-order valence-corrected chi connectivity index (χ1v) is 11.4. The van der Waals surface area contributed by atoms with Crippen molar-refractivity contribution < 1.29 is 9.59 Å². The maximum Gasteiger partial charge on any atom is 0.226 e. The lowest BCUT2D eigenvalue weighted by atomic mass is 10.0. The topological polar surface area (TPSA) is 61.4 Å². The third-order valence-electron chi connectivity index (χ3n) is 5.79. The Labute approximate surface area is 186 Å². The largest absolute Gasteiger partial charge is 0.371 e. The van der Waals surface area contributed by atoms with Gasteiger partial charge in [0.1, 0.15) is 0 Å². The molecule has 166 valence electrons. The van der Waals surface area contributed by atoms with Gasteiger partial charge in [-0.05, 0) is 61.4 Å². The van der Waals surface area contributed by atoms with Gasteiger partial charge < -0.3 is 15.5 Å². The van der Waals surface area contributed by atoms with Crippen LogP contribution in [0.1, 0.15) is 63.5 Å². The molecule has 2 aromatic rings. The molecule has 5 heteroatoms. The predicted octanol–water partition coefficient (Wildman–Crippen LogP) is 4.88. The normalized spacial score (nSPS) is 14.5. The first-order chi connectivity index (χ1) is 14.9. The van der Waals surface area contributed by atoms with Crippen LogP contribution in [0.2, 0.25) is 0 Å². The smallest absolute Gasteiger partial charge is 0.226 e. The van der Waals surface area contributed by atoms with E-state index in [-0.39, 0.29) is 24.3 Å². The van der Waals surface area contributed by atoms with E-state index in [1.807, 2.05) is 25.1 Å². The van der Waals surface area contributed by atoms with Gasteiger partial charge in [0, 0.05) is 43.3 Å². The number of nitrogens with one attached hydrogen (secondary N) is 2. The number of hydrogen-bond donors (Lipinski definition) is 2. The lowest BCUT2D eigenvalue weighted by molar-refractivity contribution is -0.122. The third kappa shape index (κ3) is 7.12. The summed E-state index contributed by atoms with van der Waals surface area (Å²) in [6.45, 7) is 8.36. The molecule has 1 aliphatic rings. The van der Waals surface area contributed by atoms with E-state index >= 15 is 0 Å². The summed E-state index contributed by atoms with van der Waals surface area (Å²) in [6, 6.07) is 16.2. The summed E-state index contributed by atoms with van der Waals surface area (Å²) in [5.41, 5.74) is 4.41. The Kier molecular flexibility index (Phi) is 8.10. The molecule has 2 amide bonds. The van der Waals surface area contributed by atoms with Crippen LogP contribution in [0, 0.1) is 0 Å². The molecule has 1 unspecified atom stereocenters. The highest BCUT2D eigenvalue weighted by Crippen LogP contribution is 2.23. The van der Waals surface area contributed by atoms with Crippen LogP contribution in [0.25, 0.3) is 0 Å². The maximum absolute atomic E-state index is 12.4. The van der Waals surface area contributed by atoms with Gasteiger partial charge in [-0.1, -0.05) is 44.2 Å². The van der Waals surface area contributed by atoms with Gasteiger partial charge in [0.25, 0.3) is 0 Å². The van der Waals surface area contributed by atoms with E-state index in [1.165, 1.54) is 18.4 Å². The highest BCUT2D eigenvalue weighted by molar-refractivity contribution is 5.92. The van der Waals surface area contributed by atoms with Crippen molar-refractivity contribution in [1.29, 1.82) is 0 Å². The zero-order chi connectivity index (χ0) is 22.2. The molecule has 0 spiro atoms. The Hall–Kier alpha value is -2.82. The second-order valence-electron chi connectivity index (χ2n) is 8.86. The van der Waals surface area contributed by atoms with Crippen LogP contribution in [0.4, 0.5) is 11.4 Å². The lowest BCUT2D eigenvalue weighted by Crippen LogP contribution is -2.35. The van der Waals surface area contributed by atoms with E-state index in [9.17, 15) is 9.59 Å². The van der Waals surface area contributed by atoms with Crippen molar-refractivity contribution in [2.24, 2.45) is 0 Å². The average Bonchev–Trinajstić information content (AvgIpc) is 3.27. The fraction of sp³-hybridized carbons (Fsp3) is 0.462. The molecule has 2 N–H and O–H groups in total. The minimum atomic E-state index is -0.211. The van der Waals surface area contributed by atoms with E-state index in [1.54, 1.807) is 0 Å². The fourth-order valence-electron chi connectivity index (χ4n) is 3.97. The number of nitrogens with zero attached hydrogens (tertiary/aromatic N) is 1. The van der Waals surface area contributed by atoms with Gasteiger partial charge in [-0.25, -0.2) is 0 Å². The molecule has 0 aromatic heterocycles. The highest BCUT2D eigenvalue weighted by atomic mass is 16.2. The van der Waals surface area contributed by atoms with Gasteiger partial charge in [0.2, 0.25) is 11.8 Å². The van der Waals surface area contributed by atoms with Crippen molar-refractivity contribution in [1.82, 2.24) is 5.32 Å². The van der Waals surface area contributed by atoms with Crippen LogP contribution in [0.5, 0.6) is 0 Å². The van der Waals surface area contributed by atoms with Crippen molar-refractivity contribution in [3.8, 4) is 0 Å². The molecule has 1 aliphatic heterocycles. The summed E-state index contributed by atoms with van der Waals surface area (Å²) in [5.74, 6) is 0.395. The van der Waals surface area contributed by atoms with Crippen LogP contribution in [-0.4, -0.2) is 30.9 Å². The Morgan fingerprint density at radius 3 is 2.35 bits per heavy atom. The van der Waals surface area contributed by atoms with Crippen molar-refractivity contribution in [3.63, 3.8) is 0 Å². The summed E-state index contributed by atoms with van der Waals surface area (Å²) in [5, 5.41) is 5.91. The molecule has 3 rings (SSSR count). The monoisotopic (exact) mass is 421 g/mol. The van der Waals surface area contributed by atoms with Crippen LogP contribution >= 0.6 is 0 Å². The zero-order valence-corrected chi connectivity index (χ0v) is 19.0. The number of rotatable bonds is 9. The van der Waals surface area contributed by atoms with Gasteiger partial charge in [-0.2, -0.15) is 0 Å². The van der Waals surface area contributed by atoms with Crippen molar-refractivity contribution >= 4 is 23.2 Å². The van der Waals surface area contributed by atoms with E-state index < -0.39 is 0 Å². The van der Waals surface area contributed by atoms with Gasteiger partial charge in [0.15, 0.2) is 0 Å². The molecule has 0 bridgehead atoms. The molecule has 1 fully saturated rings. The summed E-state index contributed by atoms with van der Waals surface area (Å²) in [4.78, 5) is 27.1. The number of amides is 2. The van der Waals surface area contributed by atoms with Crippen molar-refractivity contribution in [2.45, 2.75) is 64.8 Å². The zero-order valence-electron chi connectivity index (χ0n) is 19.0. The standard InChI is InChI=1S/C26H35N3O2/c1-19(2)22-12-9-21(10-13-22)11-14-25(30)27-20(3)17-26(31)28-23-7-6-8-24(18-23)29-15-4-5-16-29/h6-10,12-13,18-20H,4-5,11,14-17H2,1-3H3,(H,27,30)(H,28,31). The SMILES string of the molecule is CC(CC(=O)Nc1cccc(N2CCCC2)c1)NC(=O)CCc1ccc(C(C)C)cc1. The summed E-state index contributed by atoms with van der Waals surface area (Å²) in [7, 11) is 0. The minimum absolute atomic E-state index is 0.0238. The number of carbonyl (C=O) groups is 2. The molecular weight excluding hydrogens is 386 g/mol. The fourth-order valence-corrected chi connectivity index (χ4v) is 3.97. The Morgan fingerprint density at radius 2 is 1.68 bits per heavy atom. The molecular formula is C26H35N3O2. The van der Waals surface area contributed by atoms with E-state index in [4.69, 9.17) is 0 Å². The van der Waals surface area contributed by atoms with Crippen LogP contribution in [0.15, 0.2) is 48.5 Å². The minimum Gasteiger partial charge on any atom is -0.371 e. The summed E-state index contributed by atoms with van der Waals surface area (Å²) >= 11 is 0. The van der Waals surface area contributed by atoms with Crippen molar-refractivity contribution in [3.05, 3.63) is 59.7 Å². The lowest BCUT2D eigenvalue weighted by Gasteiger charge is -2.19. The first kappa shape index (κ1) is 22.9. The number of anilines is 2. The quantitative estimate of drug-likeness (QED) is 0.607. The number of benzene rings is 2.